The van der Waals surface area contributed by atoms with Crippen LogP contribution >= 0.6 is 0 Å². The maximum absolute atomic E-state index is 12.7. The average Bonchev–Trinajstić information content (AvgIpc) is 3.25. The Kier molecular flexibility index (Phi) is 4.31. The molecule has 0 radical (unpaired) electrons. The number of nitrogens with one attached hydrogen (secondary N) is 2. The molecule has 2 heterocycles. The van der Waals surface area contributed by atoms with Gasteiger partial charge in [0.15, 0.2) is 5.75 Å². The highest BCUT2D eigenvalue weighted by atomic mass is 16.5. The van der Waals surface area contributed by atoms with Crippen LogP contribution in [0.15, 0.2) is 36.7 Å². The minimum atomic E-state index is -0.539. The lowest BCUT2D eigenvalue weighted by molar-refractivity contribution is 0.0869. The standard InChI is InChI=1S/C18H22N4O3/c23-16-10-12(11-22-7-2-5-20-22)9-15(16)21-18(24)13-3-1-4-14-17(13)25-8-6-19-14/h1-5,7,12,15-16,19,23H,6,8-11H2,(H,21,24)/t12?,15-,16-/m1/s1. The summed E-state index contributed by atoms with van der Waals surface area (Å²) in [5, 5.41) is 20.8. The number of amides is 1. The van der Waals surface area contributed by atoms with Gasteiger partial charge < -0.3 is 20.5 Å². The van der Waals surface area contributed by atoms with Gasteiger partial charge >= 0.3 is 0 Å². The predicted molar refractivity (Wildman–Crippen MR) is 92.6 cm³/mol. The first-order chi connectivity index (χ1) is 12.2. The molecule has 25 heavy (non-hydrogen) atoms. The van der Waals surface area contributed by atoms with E-state index in [9.17, 15) is 9.90 Å². The van der Waals surface area contributed by atoms with Crippen molar-refractivity contribution in [2.24, 2.45) is 5.92 Å². The zero-order valence-corrected chi connectivity index (χ0v) is 13.9. The molecule has 3 atom stereocenters. The number of rotatable bonds is 4. The number of aliphatic hydroxyl groups is 1. The first-order valence-electron chi connectivity index (χ1n) is 8.67. The van der Waals surface area contributed by atoms with Crippen molar-refractivity contribution in [3.05, 3.63) is 42.2 Å². The molecule has 0 spiro atoms. The molecule has 1 saturated carbocycles. The monoisotopic (exact) mass is 342 g/mol. The van der Waals surface area contributed by atoms with Crippen LogP contribution in [0.25, 0.3) is 0 Å². The number of aromatic nitrogens is 2. The molecular formula is C18H22N4O3. The maximum atomic E-state index is 12.7. The summed E-state index contributed by atoms with van der Waals surface area (Å²) in [7, 11) is 0. The first kappa shape index (κ1) is 16.0. The predicted octanol–water partition coefficient (Wildman–Crippen LogP) is 1.26. The van der Waals surface area contributed by atoms with Crippen molar-refractivity contribution in [1.29, 1.82) is 0 Å². The highest BCUT2D eigenvalue weighted by Crippen LogP contribution is 2.32. The van der Waals surface area contributed by atoms with E-state index < -0.39 is 6.10 Å². The lowest BCUT2D eigenvalue weighted by atomic mass is 10.1. The second-order valence-electron chi connectivity index (χ2n) is 6.67. The highest BCUT2D eigenvalue weighted by molar-refractivity contribution is 5.99. The van der Waals surface area contributed by atoms with Gasteiger partial charge in [-0.2, -0.15) is 5.10 Å². The van der Waals surface area contributed by atoms with Crippen molar-refractivity contribution >= 4 is 11.6 Å². The van der Waals surface area contributed by atoms with E-state index >= 15 is 0 Å². The SMILES string of the molecule is O=C(N[C@@H]1CC(Cn2cccn2)C[C@H]1O)c1cccc2c1OCCN2. The zero-order chi connectivity index (χ0) is 17.2. The number of hydrogen-bond acceptors (Lipinski definition) is 5. The van der Waals surface area contributed by atoms with E-state index in [1.54, 1.807) is 12.3 Å². The Morgan fingerprint density at radius 1 is 1.40 bits per heavy atom. The van der Waals surface area contributed by atoms with Gasteiger partial charge in [0, 0.05) is 25.5 Å². The molecular weight excluding hydrogens is 320 g/mol. The third-order valence-corrected chi connectivity index (χ3v) is 4.87. The van der Waals surface area contributed by atoms with Gasteiger partial charge in [-0.15, -0.1) is 0 Å². The lowest BCUT2D eigenvalue weighted by Crippen LogP contribution is -2.40. The molecule has 1 aliphatic carbocycles. The summed E-state index contributed by atoms with van der Waals surface area (Å²) >= 11 is 0. The molecule has 3 N–H and O–H groups in total. The first-order valence-corrected chi connectivity index (χ1v) is 8.67. The summed E-state index contributed by atoms with van der Waals surface area (Å²) < 4.78 is 7.53. The van der Waals surface area contributed by atoms with Crippen LogP contribution in [-0.2, 0) is 6.54 Å². The number of anilines is 1. The molecule has 4 rings (SSSR count). The molecule has 0 bridgehead atoms. The molecule has 1 aliphatic heterocycles. The second kappa shape index (κ2) is 6.76. The summed E-state index contributed by atoms with van der Waals surface area (Å²) in [6.07, 6.45) is 4.52. The molecule has 7 nitrogen and oxygen atoms in total. The van der Waals surface area contributed by atoms with Gasteiger partial charge in [-0.1, -0.05) is 6.07 Å². The van der Waals surface area contributed by atoms with E-state index in [1.807, 2.05) is 29.1 Å². The topological polar surface area (TPSA) is 88.4 Å². The van der Waals surface area contributed by atoms with Gasteiger partial charge in [-0.05, 0) is 37.0 Å². The molecule has 1 aromatic carbocycles. The van der Waals surface area contributed by atoms with E-state index in [-0.39, 0.29) is 11.9 Å². The molecule has 7 heteroatoms. The van der Waals surface area contributed by atoms with Crippen molar-refractivity contribution < 1.29 is 14.6 Å². The second-order valence-corrected chi connectivity index (χ2v) is 6.67. The van der Waals surface area contributed by atoms with Crippen molar-refractivity contribution in [2.75, 3.05) is 18.5 Å². The van der Waals surface area contributed by atoms with Gasteiger partial charge in [0.2, 0.25) is 0 Å². The summed E-state index contributed by atoms with van der Waals surface area (Å²) in [6.45, 7) is 2.02. The Morgan fingerprint density at radius 2 is 2.32 bits per heavy atom. The van der Waals surface area contributed by atoms with Crippen LogP contribution < -0.4 is 15.4 Å². The number of carbonyl (C=O) groups is 1. The van der Waals surface area contributed by atoms with Crippen molar-refractivity contribution in [2.45, 2.75) is 31.5 Å². The molecule has 2 aliphatic rings. The molecule has 1 unspecified atom stereocenters. The molecule has 2 aromatic rings. The smallest absolute Gasteiger partial charge is 0.255 e. The fourth-order valence-electron chi connectivity index (χ4n) is 3.69. The number of hydrogen-bond donors (Lipinski definition) is 3. The van der Waals surface area contributed by atoms with Gasteiger partial charge in [0.25, 0.3) is 5.91 Å². The van der Waals surface area contributed by atoms with Gasteiger partial charge in [0.05, 0.1) is 23.4 Å². The summed E-state index contributed by atoms with van der Waals surface area (Å²) in [4.78, 5) is 12.7. The van der Waals surface area contributed by atoms with Crippen LogP contribution in [0.1, 0.15) is 23.2 Å². The Hall–Kier alpha value is -2.54. The Balaban J connectivity index is 1.43. The number of benzene rings is 1. The zero-order valence-electron chi connectivity index (χ0n) is 13.9. The van der Waals surface area contributed by atoms with Crippen LogP contribution in [0.4, 0.5) is 5.69 Å². The number of aliphatic hydroxyl groups excluding tert-OH is 1. The van der Waals surface area contributed by atoms with Gasteiger partial charge in [0.1, 0.15) is 6.61 Å². The molecule has 132 valence electrons. The Labute approximate surface area is 146 Å². The van der Waals surface area contributed by atoms with E-state index in [0.29, 0.717) is 30.3 Å². The van der Waals surface area contributed by atoms with E-state index in [0.717, 1.165) is 25.2 Å². The van der Waals surface area contributed by atoms with Crippen molar-refractivity contribution in [3.8, 4) is 5.75 Å². The third kappa shape index (κ3) is 3.32. The van der Waals surface area contributed by atoms with Gasteiger partial charge in [-0.25, -0.2) is 0 Å². The lowest BCUT2D eigenvalue weighted by Gasteiger charge is -2.23. The Morgan fingerprint density at radius 3 is 3.16 bits per heavy atom. The Bertz CT molecular complexity index is 747. The van der Waals surface area contributed by atoms with E-state index in [2.05, 4.69) is 15.7 Å². The molecule has 1 aromatic heterocycles. The fourth-order valence-corrected chi connectivity index (χ4v) is 3.69. The quantitative estimate of drug-likeness (QED) is 0.778. The number of ether oxygens (including phenoxy) is 1. The highest BCUT2D eigenvalue weighted by Gasteiger charge is 2.35. The molecule has 0 saturated heterocycles. The number of fused-ring (bicyclic) bond motifs is 1. The van der Waals surface area contributed by atoms with Crippen LogP contribution in [-0.4, -0.2) is 46.1 Å². The summed E-state index contributed by atoms with van der Waals surface area (Å²) in [5.41, 5.74) is 1.34. The van der Waals surface area contributed by atoms with Crippen LogP contribution in [0.3, 0.4) is 0 Å². The van der Waals surface area contributed by atoms with Gasteiger partial charge in [-0.3, -0.25) is 9.48 Å². The van der Waals surface area contributed by atoms with E-state index in [1.165, 1.54) is 0 Å². The molecule has 1 fully saturated rings. The van der Waals surface area contributed by atoms with Crippen molar-refractivity contribution in [1.82, 2.24) is 15.1 Å². The fraction of sp³-hybridized carbons (Fsp3) is 0.444. The summed E-state index contributed by atoms with van der Waals surface area (Å²) in [5.74, 6) is 0.680. The third-order valence-electron chi connectivity index (χ3n) is 4.87. The average molecular weight is 342 g/mol. The molecule has 1 amide bonds. The van der Waals surface area contributed by atoms with E-state index in [4.69, 9.17) is 4.74 Å². The minimum absolute atomic E-state index is 0.204. The van der Waals surface area contributed by atoms with Crippen LogP contribution in [0.5, 0.6) is 5.75 Å². The van der Waals surface area contributed by atoms with Crippen molar-refractivity contribution in [3.63, 3.8) is 0 Å². The summed E-state index contributed by atoms with van der Waals surface area (Å²) in [6, 6.07) is 7.12. The number of para-hydroxylation sites is 1. The van der Waals surface area contributed by atoms with Crippen LogP contribution in [0, 0.1) is 5.92 Å². The normalized spacial score (nSPS) is 24.9. The van der Waals surface area contributed by atoms with Crippen LogP contribution in [0.2, 0.25) is 0 Å². The largest absolute Gasteiger partial charge is 0.489 e. The number of nitrogens with zero attached hydrogens (tertiary/aromatic N) is 2. The maximum Gasteiger partial charge on any atom is 0.255 e. The number of carbonyl (C=O) groups excluding carboxylic acids is 1. The minimum Gasteiger partial charge on any atom is -0.489 e.